The molecule has 0 aromatic carbocycles. The summed E-state index contributed by atoms with van der Waals surface area (Å²) in [4.78, 5) is 21.4. The van der Waals surface area contributed by atoms with Crippen LogP contribution in [0.15, 0.2) is 24.5 Å². The number of piperidine rings is 1. The SMILES string of the molecule is O=C(C(c1cccnc1)N1CCNCC1)N1CCC(O)CC1. The molecule has 22 heavy (non-hydrogen) atoms. The number of likely N-dealkylation sites (tertiary alicyclic amines) is 1. The van der Waals surface area contributed by atoms with E-state index in [0.29, 0.717) is 25.9 Å². The van der Waals surface area contributed by atoms with Gasteiger partial charge < -0.3 is 15.3 Å². The first kappa shape index (κ1) is 15.4. The molecule has 2 aliphatic heterocycles. The number of aliphatic hydroxyl groups is 1. The molecule has 3 heterocycles. The van der Waals surface area contributed by atoms with Crippen LogP contribution in [0.25, 0.3) is 0 Å². The van der Waals surface area contributed by atoms with Crippen LogP contribution in [0.2, 0.25) is 0 Å². The molecule has 2 aliphatic rings. The second kappa shape index (κ2) is 7.17. The maximum Gasteiger partial charge on any atom is 0.244 e. The third kappa shape index (κ3) is 3.45. The minimum atomic E-state index is -0.264. The summed E-state index contributed by atoms with van der Waals surface area (Å²) in [5.41, 5.74) is 0.959. The molecule has 1 atom stereocenters. The molecular weight excluding hydrogens is 280 g/mol. The van der Waals surface area contributed by atoms with Crippen molar-refractivity contribution in [3.8, 4) is 0 Å². The quantitative estimate of drug-likeness (QED) is 0.823. The van der Waals surface area contributed by atoms with E-state index in [1.54, 1.807) is 12.4 Å². The third-order valence-electron chi connectivity index (χ3n) is 4.53. The van der Waals surface area contributed by atoms with Gasteiger partial charge in [0.25, 0.3) is 0 Å². The Hall–Kier alpha value is -1.50. The molecule has 0 saturated carbocycles. The van der Waals surface area contributed by atoms with Crippen LogP contribution in [0.4, 0.5) is 0 Å². The highest BCUT2D eigenvalue weighted by Gasteiger charge is 2.33. The number of hydrogen-bond acceptors (Lipinski definition) is 5. The number of hydrogen-bond donors (Lipinski definition) is 2. The fraction of sp³-hybridized carbons (Fsp3) is 0.625. The van der Waals surface area contributed by atoms with Gasteiger partial charge in [0.15, 0.2) is 0 Å². The van der Waals surface area contributed by atoms with Gasteiger partial charge in [0.05, 0.1) is 6.10 Å². The van der Waals surface area contributed by atoms with Gasteiger partial charge in [-0.25, -0.2) is 0 Å². The summed E-state index contributed by atoms with van der Waals surface area (Å²) in [6, 6.07) is 3.61. The van der Waals surface area contributed by atoms with Crippen LogP contribution in [-0.4, -0.2) is 71.2 Å². The Morgan fingerprint density at radius 1 is 1.27 bits per heavy atom. The van der Waals surface area contributed by atoms with Crippen LogP contribution < -0.4 is 5.32 Å². The summed E-state index contributed by atoms with van der Waals surface area (Å²) in [6.07, 6.45) is 4.61. The Bertz CT molecular complexity index is 482. The monoisotopic (exact) mass is 304 g/mol. The Labute approximate surface area is 131 Å². The predicted octanol–water partition coefficient (Wildman–Crippen LogP) is 0.0112. The topological polar surface area (TPSA) is 68.7 Å². The zero-order valence-electron chi connectivity index (χ0n) is 12.8. The van der Waals surface area contributed by atoms with Gasteiger partial charge in [0, 0.05) is 51.7 Å². The van der Waals surface area contributed by atoms with Gasteiger partial charge >= 0.3 is 0 Å². The highest BCUT2D eigenvalue weighted by molar-refractivity contribution is 5.83. The first-order chi connectivity index (χ1) is 10.8. The Morgan fingerprint density at radius 2 is 2.00 bits per heavy atom. The van der Waals surface area contributed by atoms with Crippen LogP contribution in [0.1, 0.15) is 24.4 Å². The maximum atomic E-state index is 13.1. The lowest BCUT2D eigenvalue weighted by Crippen LogP contribution is -2.51. The van der Waals surface area contributed by atoms with Gasteiger partial charge in [0.2, 0.25) is 5.91 Å². The standard InChI is InChI=1S/C16H24N4O2/c21-14-3-8-20(9-4-14)16(22)15(13-2-1-5-18-12-13)19-10-6-17-7-11-19/h1-2,5,12,14-15,17,21H,3-4,6-11H2. The number of nitrogens with one attached hydrogen (secondary N) is 1. The average Bonchev–Trinajstić information content (AvgIpc) is 2.57. The van der Waals surface area contributed by atoms with E-state index >= 15 is 0 Å². The number of carbonyl (C=O) groups excluding carboxylic acids is 1. The molecular formula is C16H24N4O2. The van der Waals surface area contributed by atoms with Crippen molar-refractivity contribution in [2.24, 2.45) is 0 Å². The molecule has 0 bridgehead atoms. The average molecular weight is 304 g/mol. The third-order valence-corrected chi connectivity index (χ3v) is 4.53. The molecule has 1 unspecified atom stereocenters. The number of nitrogens with zero attached hydrogens (tertiary/aromatic N) is 3. The first-order valence-corrected chi connectivity index (χ1v) is 8.07. The van der Waals surface area contributed by atoms with Gasteiger partial charge in [-0.05, 0) is 24.5 Å². The molecule has 0 aliphatic carbocycles. The summed E-state index contributed by atoms with van der Waals surface area (Å²) in [5.74, 6) is 0.141. The molecule has 6 nitrogen and oxygen atoms in total. The van der Waals surface area contributed by atoms with E-state index in [1.165, 1.54) is 0 Å². The van der Waals surface area contributed by atoms with E-state index in [2.05, 4.69) is 15.2 Å². The van der Waals surface area contributed by atoms with E-state index in [-0.39, 0.29) is 18.1 Å². The van der Waals surface area contributed by atoms with Gasteiger partial charge in [-0.15, -0.1) is 0 Å². The number of carbonyl (C=O) groups is 1. The van der Waals surface area contributed by atoms with Crippen molar-refractivity contribution < 1.29 is 9.90 Å². The Kier molecular flexibility index (Phi) is 5.02. The highest BCUT2D eigenvalue weighted by atomic mass is 16.3. The molecule has 3 rings (SSSR count). The Balaban J connectivity index is 1.79. The van der Waals surface area contributed by atoms with Crippen LogP contribution >= 0.6 is 0 Å². The molecule has 2 fully saturated rings. The van der Waals surface area contributed by atoms with Crippen molar-refractivity contribution in [2.75, 3.05) is 39.3 Å². The summed E-state index contributed by atoms with van der Waals surface area (Å²) >= 11 is 0. The lowest BCUT2D eigenvalue weighted by Gasteiger charge is -2.38. The van der Waals surface area contributed by atoms with E-state index in [4.69, 9.17) is 0 Å². The van der Waals surface area contributed by atoms with Crippen LogP contribution in [-0.2, 0) is 4.79 Å². The van der Waals surface area contributed by atoms with Crippen LogP contribution in [0, 0.1) is 0 Å². The first-order valence-electron chi connectivity index (χ1n) is 8.07. The second-order valence-corrected chi connectivity index (χ2v) is 6.03. The number of pyridine rings is 1. The fourth-order valence-electron chi connectivity index (χ4n) is 3.25. The number of piperazine rings is 1. The number of amides is 1. The molecule has 6 heteroatoms. The zero-order chi connectivity index (χ0) is 15.4. The molecule has 2 saturated heterocycles. The van der Waals surface area contributed by atoms with Crippen LogP contribution in [0.3, 0.4) is 0 Å². The number of aliphatic hydroxyl groups excluding tert-OH is 1. The second-order valence-electron chi connectivity index (χ2n) is 6.03. The van der Waals surface area contributed by atoms with Crippen molar-refractivity contribution in [1.29, 1.82) is 0 Å². The van der Waals surface area contributed by atoms with E-state index < -0.39 is 0 Å². The summed E-state index contributed by atoms with van der Waals surface area (Å²) in [6.45, 7) is 4.82. The Morgan fingerprint density at radius 3 is 2.64 bits per heavy atom. The van der Waals surface area contributed by atoms with Crippen LogP contribution in [0.5, 0.6) is 0 Å². The van der Waals surface area contributed by atoms with Crippen molar-refractivity contribution >= 4 is 5.91 Å². The van der Waals surface area contributed by atoms with Gasteiger partial charge in [-0.1, -0.05) is 6.07 Å². The smallest absolute Gasteiger partial charge is 0.244 e. The lowest BCUT2D eigenvalue weighted by atomic mass is 10.0. The van der Waals surface area contributed by atoms with Crippen molar-refractivity contribution in [3.63, 3.8) is 0 Å². The van der Waals surface area contributed by atoms with Crippen molar-refractivity contribution in [1.82, 2.24) is 20.1 Å². The minimum Gasteiger partial charge on any atom is -0.393 e. The minimum absolute atomic E-state index is 0.141. The highest BCUT2D eigenvalue weighted by Crippen LogP contribution is 2.25. The summed E-state index contributed by atoms with van der Waals surface area (Å²) in [7, 11) is 0. The molecule has 2 N–H and O–H groups in total. The van der Waals surface area contributed by atoms with Gasteiger partial charge in [0.1, 0.15) is 6.04 Å². The zero-order valence-corrected chi connectivity index (χ0v) is 12.8. The van der Waals surface area contributed by atoms with Crippen molar-refractivity contribution in [2.45, 2.75) is 25.0 Å². The van der Waals surface area contributed by atoms with Gasteiger partial charge in [-0.3, -0.25) is 14.7 Å². The van der Waals surface area contributed by atoms with E-state index in [1.807, 2.05) is 17.0 Å². The fourth-order valence-corrected chi connectivity index (χ4v) is 3.25. The maximum absolute atomic E-state index is 13.1. The van der Waals surface area contributed by atoms with Crippen molar-refractivity contribution in [3.05, 3.63) is 30.1 Å². The molecule has 1 amide bonds. The van der Waals surface area contributed by atoms with E-state index in [9.17, 15) is 9.90 Å². The molecule has 0 radical (unpaired) electrons. The number of aromatic nitrogens is 1. The summed E-state index contributed by atoms with van der Waals surface area (Å²) in [5, 5.41) is 13.0. The van der Waals surface area contributed by atoms with E-state index in [0.717, 1.165) is 31.7 Å². The lowest BCUT2D eigenvalue weighted by molar-refractivity contribution is -0.139. The molecule has 0 spiro atoms. The summed E-state index contributed by atoms with van der Waals surface area (Å²) < 4.78 is 0. The molecule has 1 aromatic rings. The predicted molar refractivity (Wildman–Crippen MR) is 83.2 cm³/mol. The largest absolute Gasteiger partial charge is 0.393 e. The normalized spacial score (nSPS) is 22.5. The molecule has 1 aromatic heterocycles. The molecule has 120 valence electrons. The van der Waals surface area contributed by atoms with Gasteiger partial charge in [-0.2, -0.15) is 0 Å². The number of rotatable bonds is 3.